The number of nitrogens with zero attached hydrogens (tertiary/aromatic N) is 6. The fourth-order valence-corrected chi connectivity index (χ4v) is 3.00. The summed E-state index contributed by atoms with van der Waals surface area (Å²) in [5.74, 6) is 0.626. The number of anilines is 1. The highest BCUT2D eigenvalue weighted by molar-refractivity contribution is 7.13. The fraction of sp³-hybridized carbons (Fsp3) is 0.462. The summed E-state index contributed by atoms with van der Waals surface area (Å²) in [5, 5.41) is 7.24. The Balaban J connectivity index is 1.47. The lowest BCUT2D eigenvalue weighted by molar-refractivity contribution is 0.380. The Labute approximate surface area is 127 Å². The van der Waals surface area contributed by atoms with Gasteiger partial charge in [0.2, 0.25) is 0 Å². The molecule has 0 aliphatic carbocycles. The van der Waals surface area contributed by atoms with E-state index in [9.17, 15) is 0 Å². The third kappa shape index (κ3) is 3.52. The molecule has 3 rings (SSSR count). The van der Waals surface area contributed by atoms with Gasteiger partial charge in [-0.25, -0.2) is 4.98 Å². The average molecular weight is 305 g/mol. The molecule has 3 heterocycles. The highest BCUT2D eigenvalue weighted by atomic mass is 32.1. The van der Waals surface area contributed by atoms with E-state index < -0.39 is 0 Å². The Hall–Kier alpha value is -2.09. The number of aliphatic imine (C=N–C) groups is 1. The maximum atomic E-state index is 6.07. The summed E-state index contributed by atoms with van der Waals surface area (Å²) in [6.07, 6.45) is 5.54. The zero-order chi connectivity index (χ0) is 14.5. The van der Waals surface area contributed by atoms with Crippen LogP contribution in [-0.4, -0.2) is 58.3 Å². The lowest BCUT2D eigenvalue weighted by Gasteiger charge is -2.35. The highest BCUT2D eigenvalue weighted by Crippen LogP contribution is 2.18. The predicted molar refractivity (Wildman–Crippen MR) is 84.6 cm³/mol. The first kappa shape index (κ1) is 13.9. The summed E-state index contributed by atoms with van der Waals surface area (Å²) in [6, 6.07) is 1.91. The zero-order valence-corrected chi connectivity index (χ0v) is 12.6. The zero-order valence-electron chi connectivity index (χ0n) is 11.8. The van der Waals surface area contributed by atoms with Crippen LogP contribution >= 0.6 is 11.3 Å². The molecule has 2 aromatic heterocycles. The van der Waals surface area contributed by atoms with E-state index in [1.165, 1.54) is 0 Å². The van der Waals surface area contributed by atoms with Gasteiger partial charge in [-0.2, -0.15) is 5.10 Å². The van der Waals surface area contributed by atoms with Crippen LogP contribution in [0.2, 0.25) is 0 Å². The van der Waals surface area contributed by atoms with Crippen molar-refractivity contribution in [1.82, 2.24) is 19.7 Å². The van der Waals surface area contributed by atoms with Crippen LogP contribution in [0.25, 0.3) is 0 Å². The summed E-state index contributed by atoms with van der Waals surface area (Å²) in [5.41, 5.74) is 6.07. The van der Waals surface area contributed by atoms with E-state index in [0.717, 1.165) is 37.9 Å². The van der Waals surface area contributed by atoms with E-state index >= 15 is 0 Å². The highest BCUT2D eigenvalue weighted by Gasteiger charge is 2.19. The van der Waals surface area contributed by atoms with Gasteiger partial charge in [0.1, 0.15) is 0 Å². The van der Waals surface area contributed by atoms with Crippen LogP contribution in [0.4, 0.5) is 5.13 Å². The molecular formula is C13H19N7S. The number of hydrogen-bond acceptors (Lipinski definition) is 5. The van der Waals surface area contributed by atoms with Crippen molar-refractivity contribution < 1.29 is 0 Å². The molecule has 0 atom stereocenters. The summed E-state index contributed by atoms with van der Waals surface area (Å²) in [6.45, 7) is 5.05. The summed E-state index contributed by atoms with van der Waals surface area (Å²) < 4.78 is 1.86. The van der Waals surface area contributed by atoms with Crippen molar-refractivity contribution in [3.05, 3.63) is 30.0 Å². The van der Waals surface area contributed by atoms with Crippen molar-refractivity contribution in [2.24, 2.45) is 10.7 Å². The molecule has 0 aromatic carbocycles. The largest absolute Gasteiger partial charge is 0.370 e. The van der Waals surface area contributed by atoms with E-state index in [1.54, 1.807) is 17.5 Å². The number of hydrogen-bond donors (Lipinski definition) is 1. The minimum atomic E-state index is 0.626. The monoisotopic (exact) mass is 305 g/mol. The van der Waals surface area contributed by atoms with Crippen LogP contribution < -0.4 is 10.6 Å². The first-order chi connectivity index (χ1) is 10.3. The van der Waals surface area contributed by atoms with Crippen molar-refractivity contribution in [3.8, 4) is 0 Å². The van der Waals surface area contributed by atoms with Crippen molar-refractivity contribution in [1.29, 1.82) is 0 Å². The minimum Gasteiger partial charge on any atom is -0.370 e. The average Bonchev–Trinajstić information content (AvgIpc) is 3.21. The van der Waals surface area contributed by atoms with Gasteiger partial charge >= 0.3 is 0 Å². The molecule has 1 saturated heterocycles. The van der Waals surface area contributed by atoms with E-state index in [2.05, 4.69) is 24.9 Å². The van der Waals surface area contributed by atoms with Gasteiger partial charge in [-0.1, -0.05) is 0 Å². The maximum Gasteiger partial charge on any atom is 0.191 e. The first-order valence-corrected chi connectivity index (χ1v) is 7.87. The molecule has 112 valence electrons. The third-order valence-electron chi connectivity index (χ3n) is 3.46. The van der Waals surface area contributed by atoms with E-state index in [0.29, 0.717) is 12.5 Å². The summed E-state index contributed by atoms with van der Waals surface area (Å²) in [4.78, 5) is 13.2. The lowest BCUT2D eigenvalue weighted by atomic mass is 10.3. The molecule has 0 bridgehead atoms. The van der Waals surface area contributed by atoms with E-state index in [-0.39, 0.29) is 0 Å². The van der Waals surface area contributed by atoms with Crippen LogP contribution in [-0.2, 0) is 6.54 Å². The van der Waals surface area contributed by atoms with Crippen LogP contribution in [0.3, 0.4) is 0 Å². The number of thiazole rings is 1. The number of rotatable bonds is 4. The minimum absolute atomic E-state index is 0.626. The molecule has 0 saturated carbocycles. The Bertz CT molecular complexity index is 555. The molecule has 0 spiro atoms. The summed E-state index contributed by atoms with van der Waals surface area (Å²) >= 11 is 1.68. The number of guanidine groups is 1. The Kier molecular flexibility index (Phi) is 4.34. The number of aromatic nitrogens is 3. The Morgan fingerprint density at radius 1 is 1.29 bits per heavy atom. The van der Waals surface area contributed by atoms with Gasteiger partial charge in [-0.15, -0.1) is 11.3 Å². The second-order valence-corrected chi connectivity index (χ2v) is 5.67. The molecule has 7 nitrogen and oxygen atoms in total. The van der Waals surface area contributed by atoms with Crippen molar-refractivity contribution in [3.63, 3.8) is 0 Å². The molecule has 2 aromatic rings. The van der Waals surface area contributed by atoms with Crippen molar-refractivity contribution >= 4 is 22.4 Å². The predicted octanol–water partition coefficient (Wildman–Crippen LogP) is 0.476. The first-order valence-electron chi connectivity index (χ1n) is 6.99. The third-order valence-corrected chi connectivity index (χ3v) is 4.29. The van der Waals surface area contributed by atoms with Gasteiger partial charge in [0.25, 0.3) is 0 Å². The smallest absolute Gasteiger partial charge is 0.191 e. The lowest BCUT2D eigenvalue weighted by Crippen LogP contribution is -2.51. The van der Waals surface area contributed by atoms with Crippen LogP contribution in [0.5, 0.6) is 0 Å². The maximum absolute atomic E-state index is 6.07. The van der Waals surface area contributed by atoms with E-state index in [1.807, 2.05) is 28.5 Å². The van der Waals surface area contributed by atoms with Crippen molar-refractivity contribution in [2.45, 2.75) is 6.54 Å². The SMILES string of the molecule is NC(=NCCn1cccn1)N1CCN(c2nccs2)CC1. The fourth-order valence-electron chi connectivity index (χ4n) is 2.30. The second-order valence-electron chi connectivity index (χ2n) is 4.80. The van der Waals surface area contributed by atoms with Crippen LogP contribution in [0.1, 0.15) is 0 Å². The normalized spacial score (nSPS) is 16.5. The standard InChI is InChI=1S/C13H19N7S/c14-12(15-3-6-20-5-1-2-17-20)18-7-9-19(10-8-18)13-16-4-11-21-13/h1-2,4-5,11H,3,6-10H2,(H2,14,15). The molecule has 0 amide bonds. The summed E-state index contributed by atoms with van der Waals surface area (Å²) in [7, 11) is 0. The molecule has 2 N–H and O–H groups in total. The Morgan fingerprint density at radius 3 is 2.81 bits per heavy atom. The van der Waals surface area contributed by atoms with Crippen molar-refractivity contribution in [2.75, 3.05) is 37.6 Å². The molecule has 1 fully saturated rings. The topological polar surface area (TPSA) is 75.6 Å². The molecule has 8 heteroatoms. The van der Waals surface area contributed by atoms with Gasteiger partial charge in [-0.3, -0.25) is 9.67 Å². The molecule has 1 aliphatic heterocycles. The van der Waals surface area contributed by atoms with Gasteiger partial charge in [0.15, 0.2) is 11.1 Å². The van der Waals surface area contributed by atoms with Crippen LogP contribution in [0.15, 0.2) is 35.0 Å². The molecule has 0 unspecified atom stereocenters. The molecule has 1 aliphatic rings. The number of nitrogens with two attached hydrogens (primary N) is 1. The van der Waals surface area contributed by atoms with Gasteiger partial charge in [-0.05, 0) is 6.07 Å². The molecule has 21 heavy (non-hydrogen) atoms. The van der Waals surface area contributed by atoms with Crippen LogP contribution in [0, 0.1) is 0 Å². The van der Waals surface area contributed by atoms with E-state index in [4.69, 9.17) is 5.73 Å². The number of piperazine rings is 1. The van der Waals surface area contributed by atoms with Gasteiger partial charge in [0.05, 0.1) is 13.1 Å². The molecular weight excluding hydrogens is 286 g/mol. The quantitative estimate of drug-likeness (QED) is 0.657. The van der Waals surface area contributed by atoms with Gasteiger partial charge in [0, 0.05) is 50.1 Å². The second kappa shape index (κ2) is 6.57. The molecule has 0 radical (unpaired) electrons. The Morgan fingerprint density at radius 2 is 2.14 bits per heavy atom. The van der Waals surface area contributed by atoms with Gasteiger partial charge < -0.3 is 15.5 Å².